The monoisotopic (exact) mass is 212 g/mol. The molecule has 0 aromatic carbocycles. The number of nitrogens with one attached hydrogen (secondary N) is 1. The van der Waals surface area contributed by atoms with Crippen LogP contribution in [0.15, 0.2) is 0 Å². The van der Waals surface area contributed by atoms with Crippen molar-refractivity contribution in [1.82, 2.24) is 10.2 Å². The quantitative estimate of drug-likeness (QED) is 0.751. The second kappa shape index (κ2) is 4.84. The third-order valence-electron chi connectivity index (χ3n) is 3.50. The number of carbonyl (C=O) groups excluding carboxylic acids is 1. The van der Waals surface area contributed by atoms with Gasteiger partial charge in [-0.05, 0) is 19.3 Å². The maximum absolute atomic E-state index is 11.0. The fraction of sp³-hybridized carbons (Fsp3) is 0.909. The molecule has 2 fully saturated rings. The van der Waals surface area contributed by atoms with Crippen molar-refractivity contribution in [2.24, 2.45) is 0 Å². The minimum atomic E-state index is -0.298. The highest BCUT2D eigenvalue weighted by atomic mass is 16.6. The lowest BCUT2D eigenvalue weighted by Crippen LogP contribution is -2.33. The standard InChI is InChI=1S/C11H20N2O2/c1-12-11(14)15-10-6-7-13(8-10)9-4-2-3-5-9/h9-10H,2-8H2,1H3,(H,12,14)/t10-/m0/s1. The number of rotatable bonds is 2. The molecule has 0 aromatic rings. The molecule has 1 saturated carbocycles. The molecular weight excluding hydrogens is 192 g/mol. The summed E-state index contributed by atoms with van der Waals surface area (Å²) in [4.78, 5) is 13.5. The normalized spacial score (nSPS) is 28.2. The first-order chi connectivity index (χ1) is 7.29. The van der Waals surface area contributed by atoms with Gasteiger partial charge in [0.25, 0.3) is 0 Å². The van der Waals surface area contributed by atoms with Gasteiger partial charge in [-0.3, -0.25) is 4.90 Å². The Morgan fingerprint density at radius 2 is 2.07 bits per heavy atom. The molecule has 2 aliphatic rings. The van der Waals surface area contributed by atoms with Crippen LogP contribution in [-0.4, -0.2) is 43.3 Å². The number of hydrogen-bond donors (Lipinski definition) is 1. The summed E-state index contributed by atoms with van der Waals surface area (Å²) in [5.41, 5.74) is 0. The van der Waals surface area contributed by atoms with Crippen LogP contribution in [0.3, 0.4) is 0 Å². The molecule has 1 amide bonds. The van der Waals surface area contributed by atoms with Gasteiger partial charge in [-0.15, -0.1) is 0 Å². The van der Waals surface area contributed by atoms with E-state index in [2.05, 4.69) is 10.2 Å². The lowest BCUT2D eigenvalue weighted by Gasteiger charge is -2.23. The predicted molar refractivity (Wildman–Crippen MR) is 57.8 cm³/mol. The van der Waals surface area contributed by atoms with Crippen LogP contribution in [0.5, 0.6) is 0 Å². The number of ether oxygens (including phenoxy) is 1. The average Bonchev–Trinajstić information content (AvgIpc) is 2.85. The summed E-state index contributed by atoms with van der Waals surface area (Å²) < 4.78 is 5.26. The average molecular weight is 212 g/mol. The molecular formula is C11H20N2O2. The van der Waals surface area contributed by atoms with Gasteiger partial charge in [0, 0.05) is 26.2 Å². The third-order valence-corrected chi connectivity index (χ3v) is 3.50. The molecule has 0 bridgehead atoms. The first-order valence-electron chi connectivity index (χ1n) is 5.92. The highest BCUT2D eigenvalue weighted by Gasteiger charge is 2.31. The molecule has 0 aromatic heterocycles. The van der Waals surface area contributed by atoms with Crippen LogP contribution < -0.4 is 5.32 Å². The zero-order valence-electron chi connectivity index (χ0n) is 9.37. The number of carbonyl (C=O) groups is 1. The first kappa shape index (κ1) is 10.7. The lowest BCUT2D eigenvalue weighted by molar-refractivity contribution is 0.0981. The van der Waals surface area contributed by atoms with Gasteiger partial charge in [0.1, 0.15) is 6.10 Å². The van der Waals surface area contributed by atoms with Crippen LogP contribution in [0.2, 0.25) is 0 Å². The number of likely N-dealkylation sites (tertiary alicyclic amines) is 1. The molecule has 86 valence electrons. The van der Waals surface area contributed by atoms with Crippen molar-refractivity contribution >= 4 is 6.09 Å². The number of nitrogens with zero attached hydrogens (tertiary/aromatic N) is 1. The van der Waals surface area contributed by atoms with Gasteiger partial charge in [0.2, 0.25) is 0 Å². The Hall–Kier alpha value is -0.770. The predicted octanol–water partition coefficient (Wildman–Crippen LogP) is 1.36. The molecule has 1 atom stereocenters. The fourth-order valence-corrected chi connectivity index (χ4v) is 2.66. The maximum atomic E-state index is 11.0. The maximum Gasteiger partial charge on any atom is 0.407 e. The van der Waals surface area contributed by atoms with E-state index in [1.807, 2.05) is 0 Å². The van der Waals surface area contributed by atoms with Gasteiger partial charge in [-0.25, -0.2) is 4.79 Å². The van der Waals surface area contributed by atoms with Crippen LogP contribution in [0.25, 0.3) is 0 Å². The SMILES string of the molecule is CNC(=O)O[C@H]1CCN(C2CCCC2)C1. The van der Waals surface area contributed by atoms with Gasteiger partial charge in [0.05, 0.1) is 0 Å². The van der Waals surface area contributed by atoms with E-state index in [4.69, 9.17) is 4.74 Å². The van der Waals surface area contributed by atoms with Crippen LogP contribution >= 0.6 is 0 Å². The Morgan fingerprint density at radius 1 is 1.33 bits per heavy atom. The van der Waals surface area contributed by atoms with E-state index in [0.29, 0.717) is 0 Å². The zero-order valence-corrected chi connectivity index (χ0v) is 9.37. The number of amides is 1. The fourth-order valence-electron chi connectivity index (χ4n) is 2.66. The van der Waals surface area contributed by atoms with Gasteiger partial charge in [-0.2, -0.15) is 0 Å². The van der Waals surface area contributed by atoms with Crippen LogP contribution in [0.1, 0.15) is 32.1 Å². The Bertz CT molecular complexity index is 227. The van der Waals surface area contributed by atoms with E-state index in [-0.39, 0.29) is 12.2 Å². The molecule has 1 aliphatic heterocycles. The Balaban J connectivity index is 1.76. The highest BCUT2D eigenvalue weighted by molar-refractivity contribution is 5.66. The summed E-state index contributed by atoms with van der Waals surface area (Å²) in [5.74, 6) is 0. The summed E-state index contributed by atoms with van der Waals surface area (Å²) in [5, 5.41) is 2.50. The second-order valence-corrected chi connectivity index (χ2v) is 4.50. The van der Waals surface area contributed by atoms with Crippen molar-refractivity contribution in [3.8, 4) is 0 Å². The summed E-state index contributed by atoms with van der Waals surface area (Å²) in [6.45, 7) is 2.02. The minimum absolute atomic E-state index is 0.102. The van der Waals surface area contributed by atoms with E-state index >= 15 is 0 Å². The van der Waals surface area contributed by atoms with Gasteiger partial charge in [-0.1, -0.05) is 12.8 Å². The molecule has 4 nitrogen and oxygen atoms in total. The molecule has 0 spiro atoms. The Labute approximate surface area is 91.0 Å². The first-order valence-corrected chi connectivity index (χ1v) is 5.92. The van der Waals surface area contributed by atoms with E-state index in [9.17, 15) is 4.79 Å². The van der Waals surface area contributed by atoms with E-state index in [1.165, 1.54) is 25.7 Å². The smallest absolute Gasteiger partial charge is 0.407 e. The molecule has 1 aliphatic carbocycles. The van der Waals surface area contributed by atoms with Crippen molar-refractivity contribution in [1.29, 1.82) is 0 Å². The Morgan fingerprint density at radius 3 is 2.73 bits per heavy atom. The van der Waals surface area contributed by atoms with E-state index in [0.717, 1.165) is 25.6 Å². The van der Waals surface area contributed by atoms with Crippen molar-refractivity contribution < 1.29 is 9.53 Å². The third kappa shape index (κ3) is 2.62. The van der Waals surface area contributed by atoms with Crippen molar-refractivity contribution in [2.45, 2.75) is 44.2 Å². The molecule has 15 heavy (non-hydrogen) atoms. The number of alkyl carbamates (subject to hydrolysis) is 1. The number of hydrogen-bond acceptors (Lipinski definition) is 3. The highest BCUT2D eigenvalue weighted by Crippen LogP contribution is 2.27. The zero-order chi connectivity index (χ0) is 10.7. The molecule has 1 N–H and O–H groups in total. The van der Waals surface area contributed by atoms with Crippen molar-refractivity contribution in [2.75, 3.05) is 20.1 Å². The molecule has 1 heterocycles. The molecule has 0 unspecified atom stereocenters. The lowest BCUT2D eigenvalue weighted by atomic mass is 10.2. The Kier molecular flexibility index (Phi) is 3.46. The van der Waals surface area contributed by atoms with E-state index < -0.39 is 0 Å². The van der Waals surface area contributed by atoms with Crippen molar-refractivity contribution in [3.63, 3.8) is 0 Å². The minimum Gasteiger partial charge on any atom is -0.445 e. The van der Waals surface area contributed by atoms with Gasteiger partial charge in [0.15, 0.2) is 0 Å². The van der Waals surface area contributed by atoms with Crippen molar-refractivity contribution in [3.05, 3.63) is 0 Å². The van der Waals surface area contributed by atoms with Crippen LogP contribution in [0, 0.1) is 0 Å². The summed E-state index contributed by atoms with van der Waals surface area (Å²) in [6.07, 6.45) is 6.17. The van der Waals surface area contributed by atoms with Gasteiger partial charge >= 0.3 is 6.09 Å². The summed E-state index contributed by atoms with van der Waals surface area (Å²) in [6, 6.07) is 0.753. The van der Waals surface area contributed by atoms with E-state index in [1.54, 1.807) is 7.05 Å². The molecule has 4 heteroatoms. The molecule has 1 saturated heterocycles. The second-order valence-electron chi connectivity index (χ2n) is 4.50. The summed E-state index contributed by atoms with van der Waals surface area (Å²) >= 11 is 0. The van der Waals surface area contributed by atoms with Gasteiger partial charge < -0.3 is 10.1 Å². The summed E-state index contributed by atoms with van der Waals surface area (Å²) in [7, 11) is 1.60. The van der Waals surface area contributed by atoms with Crippen LogP contribution in [-0.2, 0) is 4.74 Å². The van der Waals surface area contributed by atoms with Crippen LogP contribution in [0.4, 0.5) is 4.79 Å². The largest absolute Gasteiger partial charge is 0.445 e. The molecule has 0 radical (unpaired) electrons. The topological polar surface area (TPSA) is 41.6 Å². The molecule has 2 rings (SSSR count).